The lowest BCUT2D eigenvalue weighted by atomic mass is 9.83. The van der Waals surface area contributed by atoms with Crippen molar-refractivity contribution in [2.24, 2.45) is 5.92 Å². The number of fused-ring (bicyclic) bond motifs is 4. The molecule has 2 aromatic heterocycles. The van der Waals surface area contributed by atoms with E-state index in [4.69, 9.17) is 4.74 Å². The summed E-state index contributed by atoms with van der Waals surface area (Å²) in [6.07, 6.45) is 5.03. The molecule has 158 valence electrons. The van der Waals surface area contributed by atoms with Gasteiger partial charge in [-0.25, -0.2) is 9.97 Å². The number of likely N-dealkylation sites (tertiary alicyclic amines) is 1. The zero-order valence-corrected chi connectivity index (χ0v) is 17.1. The molecule has 8 nitrogen and oxygen atoms in total. The van der Waals surface area contributed by atoms with Crippen LogP contribution in [0.4, 0.5) is 0 Å². The zero-order chi connectivity index (χ0) is 20.5. The van der Waals surface area contributed by atoms with Crippen molar-refractivity contribution in [2.45, 2.75) is 31.8 Å². The van der Waals surface area contributed by atoms with E-state index in [0.29, 0.717) is 37.8 Å². The van der Waals surface area contributed by atoms with Gasteiger partial charge in [-0.3, -0.25) is 14.5 Å². The molecule has 3 aliphatic rings. The van der Waals surface area contributed by atoms with Gasteiger partial charge in [0.05, 0.1) is 6.61 Å². The highest BCUT2D eigenvalue weighted by Crippen LogP contribution is 2.35. The second-order valence-corrected chi connectivity index (χ2v) is 8.54. The van der Waals surface area contributed by atoms with Crippen LogP contribution in [0, 0.1) is 5.92 Å². The van der Waals surface area contributed by atoms with Gasteiger partial charge in [-0.05, 0) is 30.9 Å². The Hall–Kier alpha value is -2.58. The minimum absolute atomic E-state index is 0.0529. The van der Waals surface area contributed by atoms with Crippen LogP contribution in [0.15, 0.2) is 35.5 Å². The van der Waals surface area contributed by atoms with Gasteiger partial charge in [0.15, 0.2) is 0 Å². The van der Waals surface area contributed by atoms with E-state index in [2.05, 4.69) is 20.9 Å². The number of hydrogen-bond acceptors (Lipinski definition) is 6. The van der Waals surface area contributed by atoms with E-state index in [-0.39, 0.29) is 17.4 Å². The molecule has 0 unspecified atom stereocenters. The van der Waals surface area contributed by atoms with Gasteiger partial charge in [0.2, 0.25) is 0 Å². The minimum atomic E-state index is -0.0529. The van der Waals surface area contributed by atoms with Crippen molar-refractivity contribution in [3.05, 3.63) is 58.0 Å². The van der Waals surface area contributed by atoms with Crippen LogP contribution in [0.3, 0.4) is 0 Å². The predicted molar refractivity (Wildman–Crippen MR) is 110 cm³/mol. The zero-order valence-electron chi connectivity index (χ0n) is 17.1. The summed E-state index contributed by atoms with van der Waals surface area (Å²) in [4.78, 5) is 38.3. The van der Waals surface area contributed by atoms with Crippen molar-refractivity contribution in [3.63, 3.8) is 0 Å². The molecule has 3 aliphatic heterocycles. The van der Waals surface area contributed by atoms with Crippen molar-refractivity contribution in [3.8, 4) is 0 Å². The van der Waals surface area contributed by atoms with Gasteiger partial charge in [0.25, 0.3) is 11.5 Å². The van der Waals surface area contributed by atoms with Crippen LogP contribution < -0.4 is 5.56 Å². The highest BCUT2D eigenvalue weighted by molar-refractivity contribution is 5.92. The molecule has 2 bridgehead atoms. The fourth-order valence-electron chi connectivity index (χ4n) is 5.05. The Morgan fingerprint density at radius 1 is 1.13 bits per heavy atom. The molecule has 1 amide bonds. The SMILES string of the molecule is O=C(c1ccncn1)N1C[C@@H]2C[C@H](C1)c1ccc(CN3CCCOCC3)c(=O)n1C2. The quantitative estimate of drug-likeness (QED) is 0.756. The highest BCUT2D eigenvalue weighted by atomic mass is 16.5. The molecular formula is C22H27N5O3. The molecule has 2 atom stereocenters. The molecule has 2 fully saturated rings. The number of aromatic nitrogens is 3. The third-order valence-corrected chi connectivity index (χ3v) is 6.48. The molecule has 0 spiro atoms. The van der Waals surface area contributed by atoms with Crippen LogP contribution in [0.5, 0.6) is 0 Å². The number of piperidine rings is 1. The van der Waals surface area contributed by atoms with Crippen molar-refractivity contribution in [1.82, 2.24) is 24.3 Å². The molecule has 5 heterocycles. The lowest BCUT2D eigenvalue weighted by Crippen LogP contribution is -2.49. The summed E-state index contributed by atoms with van der Waals surface area (Å²) >= 11 is 0. The van der Waals surface area contributed by atoms with Crippen LogP contribution in [-0.4, -0.2) is 69.6 Å². The number of carbonyl (C=O) groups is 1. The summed E-state index contributed by atoms with van der Waals surface area (Å²) in [6, 6.07) is 5.75. The van der Waals surface area contributed by atoms with E-state index < -0.39 is 0 Å². The topological polar surface area (TPSA) is 80.6 Å². The Morgan fingerprint density at radius 3 is 2.93 bits per heavy atom. The number of rotatable bonds is 3. The summed E-state index contributed by atoms with van der Waals surface area (Å²) < 4.78 is 7.50. The molecule has 2 saturated heterocycles. The second-order valence-electron chi connectivity index (χ2n) is 8.54. The molecule has 0 radical (unpaired) electrons. The maximum Gasteiger partial charge on any atom is 0.272 e. The third-order valence-electron chi connectivity index (χ3n) is 6.48. The number of hydrogen-bond donors (Lipinski definition) is 0. The molecule has 0 saturated carbocycles. The van der Waals surface area contributed by atoms with Crippen LogP contribution in [-0.2, 0) is 17.8 Å². The van der Waals surface area contributed by atoms with E-state index in [0.717, 1.165) is 50.4 Å². The molecule has 0 aromatic carbocycles. The lowest BCUT2D eigenvalue weighted by molar-refractivity contribution is 0.0588. The monoisotopic (exact) mass is 409 g/mol. The fraction of sp³-hybridized carbons (Fsp3) is 0.545. The van der Waals surface area contributed by atoms with E-state index in [1.54, 1.807) is 12.3 Å². The van der Waals surface area contributed by atoms with E-state index >= 15 is 0 Å². The van der Waals surface area contributed by atoms with Crippen LogP contribution in [0.25, 0.3) is 0 Å². The minimum Gasteiger partial charge on any atom is -0.380 e. The first-order chi connectivity index (χ1) is 14.7. The Morgan fingerprint density at radius 2 is 2.07 bits per heavy atom. The molecule has 2 aromatic rings. The third kappa shape index (κ3) is 3.77. The van der Waals surface area contributed by atoms with Gasteiger partial charge in [0, 0.05) is 69.2 Å². The summed E-state index contributed by atoms with van der Waals surface area (Å²) in [6.45, 7) is 6.00. The van der Waals surface area contributed by atoms with Crippen molar-refractivity contribution >= 4 is 5.91 Å². The van der Waals surface area contributed by atoms with Gasteiger partial charge in [0.1, 0.15) is 12.0 Å². The van der Waals surface area contributed by atoms with Gasteiger partial charge < -0.3 is 14.2 Å². The normalized spacial score (nSPS) is 24.2. The smallest absolute Gasteiger partial charge is 0.272 e. The Bertz CT molecular complexity index is 968. The number of ether oxygens (including phenoxy) is 1. The van der Waals surface area contributed by atoms with Crippen LogP contribution >= 0.6 is 0 Å². The van der Waals surface area contributed by atoms with E-state index in [1.165, 1.54) is 6.33 Å². The number of carbonyl (C=O) groups excluding carboxylic acids is 1. The molecule has 5 rings (SSSR count). The predicted octanol–water partition coefficient (Wildman–Crippen LogP) is 1.12. The first-order valence-corrected chi connectivity index (χ1v) is 10.8. The second kappa shape index (κ2) is 8.28. The fourth-order valence-corrected chi connectivity index (χ4v) is 5.05. The average molecular weight is 409 g/mol. The molecule has 0 aliphatic carbocycles. The largest absolute Gasteiger partial charge is 0.380 e. The van der Waals surface area contributed by atoms with Crippen molar-refractivity contribution in [2.75, 3.05) is 39.4 Å². The Labute approximate surface area is 175 Å². The summed E-state index contributed by atoms with van der Waals surface area (Å²) in [5.41, 5.74) is 2.47. The average Bonchev–Trinajstić information content (AvgIpc) is 3.05. The number of nitrogens with zero attached hydrogens (tertiary/aromatic N) is 5. The number of pyridine rings is 1. The van der Waals surface area contributed by atoms with Gasteiger partial charge in [-0.2, -0.15) is 0 Å². The van der Waals surface area contributed by atoms with Crippen molar-refractivity contribution < 1.29 is 9.53 Å². The van der Waals surface area contributed by atoms with Gasteiger partial charge >= 0.3 is 0 Å². The van der Waals surface area contributed by atoms with Crippen LogP contribution in [0.1, 0.15) is 40.5 Å². The first kappa shape index (κ1) is 19.4. The van der Waals surface area contributed by atoms with Crippen LogP contribution in [0.2, 0.25) is 0 Å². The molecule has 30 heavy (non-hydrogen) atoms. The molecule has 0 N–H and O–H groups in total. The standard InChI is InChI=1S/C22H27N5O3/c28-21-17(13-25-6-1-8-30-9-7-25)2-3-20-18-10-16(12-27(20)21)11-26(14-18)22(29)19-4-5-23-15-24-19/h2-5,15-16,18H,1,6-14H2/t16-,18+/m0/s1. The maximum absolute atomic E-state index is 13.2. The highest BCUT2D eigenvalue weighted by Gasteiger charge is 2.37. The summed E-state index contributed by atoms with van der Waals surface area (Å²) in [5, 5.41) is 0. The van der Waals surface area contributed by atoms with Crippen molar-refractivity contribution in [1.29, 1.82) is 0 Å². The summed E-state index contributed by atoms with van der Waals surface area (Å²) in [5.74, 6) is 0.432. The Kier molecular flexibility index (Phi) is 5.35. The van der Waals surface area contributed by atoms with Gasteiger partial charge in [-0.1, -0.05) is 6.07 Å². The molecular weight excluding hydrogens is 382 g/mol. The maximum atomic E-state index is 13.2. The molecule has 8 heteroatoms. The Balaban J connectivity index is 1.36. The number of amides is 1. The van der Waals surface area contributed by atoms with Gasteiger partial charge in [-0.15, -0.1) is 0 Å². The lowest BCUT2D eigenvalue weighted by Gasteiger charge is -2.42. The first-order valence-electron chi connectivity index (χ1n) is 10.8. The van der Waals surface area contributed by atoms with E-state index in [1.807, 2.05) is 15.5 Å². The van der Waals surface area contributed by atoms with E-state index in [9.17, 15) is 9.59 Å². The summed E-state index contributed by atoms with van der Waals surface area (Å²) in [7, 11) is 0.